The summed E-state index contributed by atoms with van der Waals surface area (Å²) in [6.07, 6.45) is 0.551. The normalized spacial score (nSPS) is 11.2. The van der Waals surface area contributed by atoms with E-state index in [1.165, 1.54) is 0 Å². The van der Waals surface area contributed by atoms with E-state index >= 15 is 0 Å². The molecule has 0 fully saturated rings. The van der Waals surface area contributed by atoms with Gasteiger partial charge in [0.2, 0.25) is 0 Å². The Morgan fingerprint density at radius 3 is 2.42 bits per heavy atom. The zero-order valence-electron chi connectivity index (χ0n) is 14.8. The third-order valence-corrected chi connectivity index (χ3v) is 4.48. The maximum atomic E-state index is 9.95. The zero-order valence-corrected chi connectivity index (χ0v) is 16.3. The van der Waals surface area contributed by atoms with E-state index in [0.29, 0.717) is 28.0 Å². The van der Waals surface area contributed by atoms with Gasteiger partial charge in [0.1, 0.15) is 11.5 Å². The lowest BCUT2D eigenvalue weighted by atomic mass is 9.96. The van der Waals surface area contributed by atoms with Crippen molar-refractivity contribution in [2.45, 2.75) is 26.2 Å². The predicted octanol–water partition coefficient (Wildman–Crippen LogP) is 4.26. The van der Waals surface area contributed by atoms with E-state index in [1.807, 2.05) is 26.0 Å². The number of aliphatic hydroxyl groups excluding tert-OH is 1. The van der Waals surface area contributed by atoms with Crippen LogP contribution in [0.1, 0.15) is 36.5 Å². The van der Waals surface area contributed by atoms with Gasteiger partial charge >= 0.3 is 0 Å². The summed E-state index contributed by atoms with van der Waals surface area (Å²) in [6.45, 7) is 4.26. The highest BCUT2D eigenvalue weighted by molar-refractivity contribution is 6.36. The highest BCUT2D eigenvalue weighted by Gasteiger charge is 2.12. The average molecular weight is 400 g/mol. The van der Waals surface area contributed by atoms with Crippen molar-refractivity contribution < 1.29 is 19.8 Å². The van der Waals surface area contributed by atoms with Crippen LogP contribution >= 0.6 is 23.2 Å². The Hall–Kier alpha value is -1.50. The van der Waals surface area contributed by atoms with Crippen LogP contribution in [0.15, 0.2) is 30.3 Å². The third-order valence-electron chi connectivity index (χ3n) is 3.80. The molecule has 0 atom stereocenters. The molecule has 2 aromatic rings. The van der Waals surface area contributed by atoms with Crippen LogP contribution in [0.4, 0.5) is 0 Å². The second kappa shape index (κ2) is 10.00. The molecule has 0 radical (unpaired) electrons. The molecule has 2 aromatic carbocycles. The van der Waals surface area contributed by atoms with Gasteiger partial charge in [-0.2, -0.15) is 5.48 Å². The monoisotopic (exact) mass is 399 g/mol. The summed E-state index contributed by atoms with van der Waals surface area (Å²) in [6, 6.07) is 8.92. The average Bonchev–Trinajstić information content (AvgIpc) is 2.59. The zero-order chi connectivity index (χ0) is 19.1. The van der Waals surface area contributed by atoms with Crippen LogP contribution in [0.2, 0.25) is 10.0 Å². The van der Waals surface area contributed by atoms with Gasteiger partial charge in [0.25, 0.3) is 0 Å². The summed E-state index contributed by atoms with van der Waals surface area (Å²) in [5.41, 5.74) is 5.26. The highest BCUT2D eigenvalue weighted by Crippen LogP contribution is 2.33. The Morgan fingerprint density at radius 2 is 1.81 bits per heavy atom. The highest BCUT2D eigenvalue weighted by atomic mass is 35.5. The Morgan fingerprint density at radius 1 is 1.12 bits per heavy atom. The first kappa shape index (κ1) is 20.8. The minimum atomic E-state index is -0.0743. The van der Waals surface area contributed by atoms with Crippen molar-refractivity contribution >= 4 is 23.2 Å². The second-order valence-corrected chi connectivity index (χ2v) is 6.91. The molecule has 3 N–H and O–H groups in total. The number of hydroxylamine groups is 1. The van der Waals surface area contributed by atoms with Crippen LogP contribution in [-0.4, -0.2) is 30.2 Å². The van der Waals surface area contributed by atoms with E-state index in [2.05, 4.69) is 5.48 Å². The number of benzene rings is 2. The van der Waals surface area contributed by atoms with Crippen molar-refractivity contribution in [2.24, 2.45) is 0 Å². The lowest BCUT2D eigenvalue weighted by Gasteiger charge is -2.14. The molecule has 7 heteroatoms. The van der Waals surface area contributed by atoms with Gasteiger partial charge < -0.3 is 14.9 Å². The summed E-state index contributed by atoms with van der Waals surface area (Å²) < 4.78 is 5.47. The van der Waals surface area contributed by atoms with Gasteiger partial charge in [-0.05, 0) is 40.8 Å². The number of nitrogens with one attached hydrogen (secondary N) is 1. The van der Waals surface area contributed by atoms with Gasteiger partial charge in [-0.25, -0.2) is 0 Å². The summed E-state index contributed by atoms with van der Waals surface area (Å²) in [7, 11) is 0. The van der Waals surface area contributed by atoms with Crippen molar-refractivity contribution in [3.05, 3.63) is 57.1 Å². The number of phenols is 1. The van der Waals surface area contributed by atoms with Gasteiger partial charge in [0, 0.05) is 16.5 Å². The van der Waals surface area contributed by atoms with Crippen LogP contribution in [0.25, 0.3) is 0 Å². The maximum Gasteiger partial charge on any atom is 0.161 e. The van der Waals surface area contributed by atoms with Gasteiger partial charge in [-0.1, -0.05) is 49.2 Å². The predicted molar refractivity (Wildman–Crippen MR) is 103 cm³/mol. The first-order valence-corrected chi connectivity index (χ1v) is 9.06. The molecular weight excluding hydrogens is 377 g/mol. The minimum absolute atomic E-state index is 0.0743. The second-order valence-electron chi connectivity index (χ2n) is 6.10. The minimum Gasteiger partial charge on any atom is -0.508 e. The fraction of sp³-hybridized carbons (Fsp3) is 0.368. The van der Waals surface area contributed by atoms with Crippen LogP contribution in [0.3, 0.4) is 0 Å². The number of phenolic OH excluding ortho intramolecular Hbond substituents is 1. The number of hydrogen-bond acceptors (Lipinski definition) is 5. The SMILES string of the molecule is CC(C)c1cc(Cc2c(Cl)cc(OCNOCCO)cc2Cl)ccc1O. The number of hydrogen-bond donors (Lipinski definition) is 3. The van der Waals surface area contributed by atoms with E-state index in [9.17, 15) is 5.11 Å². The van der Waals surface area contributed by atoms with E-state index < -0.39 is 0 Å². The molecule has 26 heavy (non-hydrogen) atoms. The van der Waals surface area contributed by atoms with Crippen molar-refractivity contribution in [3.63, 3.8) is 0 Å². The molecule has 0 saturated carbocycles. The van der Waals surface area contributed by atoms with E-state index in [-0.39, 0.29) is 25.9 Å². The topological polar surface area (TPSA) is 71.0 Å². The molecule has 142 valence electrons. The Bertz CT molecular complexity index is 714. The molecule has 0 aromatic heterocycles. The number of rotatable bonds is 9. The molecule has 0 aliphatic heterocycles. The third kappa shape index (κ3) is 5.76. The summed E-state index contributed by atoms with van der Waals surface area (Å²) in [5, 5.41) is 19.6. The van der Waals surface area contributed by atoms with Gasteiger partial charge in [-0.15, -0.1) is 0 Å². The molecule has 0 bridgehead atoms. The molecular formula is C19H23Cl2NO4. The Labute approximate surface area is 163 Å². The molecule has 0 amide bonds. The van der Waals surface area contributed by atoms with E-state index in [0.717, 1.165) is 16.7 Å². The molecule has 0 saturated heterocycles. The molecule has 0 spiro atoms. The van der Waals surface area contributed by atoms with Crippen LogP contribution in [0, 0.1) is 0 Å². The quantitative estimate of drug-likeness (QED) is 0.333. The van der Waals surface area contributed by atoms with Gasteiger partial charge in [0.15, 0.2) is 6.73 Å². The number of halogens is 2. The standard InChI is InChI=1S/C19H23Cl2NO4/c1-12(2)15-7-13(3-4-19(15)24)8-16-17(20)9-14(10-18(16)21)25-11-22-26-6-5-23/h3-4,7,9-10,12,22-24H,5-6,8,11H2,1-2H3. The van der Waals surface area contributed by atoms with Crippen molar-refractivity contribution in [2.75, 3.05) is 19.9 Å². The van der Waals surface area contributed by atoms with Crippen molar-refractivity contribution in [1.82, 2.24) is 5.48 Å². The fourth-order valence-corrected chi connectivity index (χ4v) is 3.09. The summed E-state index contributed by atoms with van der Waals surface area (Å²) in [4.78, 5) is 4.90. The van der Waals surface area contributed by atoms with E-state index in [1.54, 1.807) is 18.2 Å². The molecule has 2 rings (SSSR count). The summed E-state index contributed by atoms with van der Waals surface area (Å²) >= 11 is 12.8. The number of aromatic hydroxyl groups is 1. The molecule has 0 unspecified atom stereocenters. The lowest BCUT2D eigenvalue weighted by Crippen LogP contribution is -2.22. The molecule has 0 aliphatic rings. The van der Waals surface area contributed by atoms with Crippen LogP contribution < -0.4 is 10.2 Å². The van der Waals surface area contributed by atoms with Crippen molar-refractivity contribution in [1.29, 1.82) is 0 Å². The van der Waals surface area contributed by atoms with Crippen LogP contribution in [0.5, 0.6) is 11.5 Å². The van der Waals surface area contributed by atoms with Crippen LogP contribution in [-0.2, 0) is 11.3 Å². The molecule has 0 heterocycles. The molecule has 5 nitrogen and oxygen atoms in total. The maximum absolute atomic E-state index is 9.95. The first-order chi connectivity index (χ1) is 12.4. The van der Waals surface area contributed by atoms with Gasteiger partial charge in [0.05, 0.1) is 13.2 Å². The van der Waals surface area contributed by atoms with Gasteiger partial charge in [-0.3, -0.25) is 4.84 Å². The smallest absolute Gasteiger partial charge is 0.161 e. The first-order valence-electron chi connectivity index (χ1n) is 8.30. The fourth-order valence-electron chi connectivity index (χ4n) is 2.48. The number of aliphatic hydroxyl groups is 1. The number of ether oxygens (including phenoxy) is 1. The van der Waals surface area contributed by atoms with E-state index in [4.69, 9.17) is 37.9 Å². The summed E-state index contributed by atoms with van der Waals surface area (Å²) in [5.74, 6) is 1.02. The Balaban J connectivity index is 2.10. The lowest BCUT2D eigenvalue weighted by molar-refractivity contribution is -0.0137. The molecule has 0 aliphatic carbocycles. The largest absolute Gasteiger partial charge is 0.508 e. The Kier molecular flexibility index (Phi) is 8.00. The van der Waals surface area contributed by atoms with Crippen molar-refractivity contribution in [3.8, 4) is 11.5 Å².